The molecule has 1 aliphatic rings. The zero-order chi connectivity index (χ0) is 15.2. The summed E-state index contributed by atoms with van der Waals surface area (Å²) < 4.78 is 0. The minimum Gasteiger partial charge on any atom is -0.481 e. The molecule has 0 aromatic rings. The lowest BCUT2D eigenvalue weighted by Gasteiger charge is -2.36. The molecule has 0 aromatic heterocycles. The first-order chi connectivity index (χ1) is 9.34. The summed E-state index contributed by atoms with van der Waals surface area (Å²) in [6.45, 7) is 0.242. The predicted octanol–water partition coefficient (Wildman–Crippen LogP) is 0.330. The van der Waals surface area contributed by atoms with Gasteiger partial charge >= 0.3 is 11.9 Å². The molecule has 20 heavy (non-hydrogen) atoms. The largest absolute Gasteiger partial charge is 0.481 e. The Morgan fingerprint density at radius 2 is 1.70 bits per heavy atom. The zero-order valence-electron chi connectivity index (χ0n) is 11.4. The highest BCUT2D eigenvalue weighted by Gasteiger charge is 2.35. The van der Waals surface area contributed by atoms with E-state index < -0.39 is 35.7 Å². The second-order valence-electron chi connectivity index (χ2n) is 5.55. The molecule has 1 rings (SSSR count). The van der Waals surface area contributed by atoms with Gasteiger partial charge < -0.3 is 21.3 Å². The number of hydrogen-bond donors (Lipinski definition) is 4. The average molecular weight is 286 g/mol. The van der Waals surface area contributed by atoms with Crippen molar-refractivity contribution in [3.63, 3.8) is 0 Å². The van der Waals surface area contributed by atoms with Crippen LogP contribution in [-0.2, 0) is 14.4 Å². The molecule has 0 bridgehead atoms. The van der Waals surface area contributed by atoms with E-state index in [1.165, 1.54) is 0 Å². The van der Waals surface area contributed by atoms with Crippen LogP contribution in [0.2, 0.25) is 0 Å². The van der Waals surface area contributed by atoms with Gasteiger partial charge in [-0.2, -0.15) is 0 Å². The van der Waals surface area contributed by atoms with E-state index in [0.29, 0.717) is 0 Å². The van der Waals surface area contributed by atoms with E-state index in [0.717, 1.165) is 32.1 Å². The van der Waals surface area contributed by atoms with Crippen molar-refractivity contribution in [1.82, 2.24) is 5.32 Å². The number of nitrogens with one attached hydrogen (secondary N) is 1. The Morgan fingerprint density at radius 3 is 2.20 bits per heavy atom. The zero-order valence-corrected chi connectivity index (χ0v) is 11.4. The Labute approximate surface area is 117 Å². The van der Waals surface area contributed by atoms with Gasteiger partial charge in [0.2, 0.25) is 5.91 Å². The van der Waals surface area contributed by atoms with E-state index in [4.69, 9.17) is 15.9 Å². The van der Waals surface area contributed by atoms with Crippen LogP contribution in [0.5, 0.6) is 0 Å². The molecule has 0 aliphatic heterocycles. The van der Waals surface area contributed by atoms with E-state index >= 15 is 0 Å². The third kappa shape index (κ3) is 5.16. The SMILES string of the molecule is NC(CC(=O)O)C(=O)NCC1(CC(=O)O)CCCCC1. The highest BCUT2D eigenvalue weighted by atomic mass is 16.4. The van der Waals surface area contributed by atoms with Gasteiger partial charge in [-0.15, -0.1) is 0 Å². The second kappa shape index (κ2) is 7.23. The molecule has 1 aliphatic carbocycles. The summed E-state index contributed by atoms with van der Waals surface area (Å²) in [5.74, 6) is -2.55. The number of amides is 1. The van der Waals surface area contributed by atoms with Crippen LogP contribution in [0.1, 0.15) is 44.9 Å². The van der Waals surface area contributed by atoms with Crippen molar-refractivity contribution in [2.24, 2.45) is 11.1 Å². The summed E-state index contributed by atoms with van der Waals surface area (Å²) in [6, 6.07) is -1.10. The fourth-order valence-electron chi connectivity index (χ4n) is 2.73. The number of carbonyl (C=O) groups is 3. The van der Waals surface area contributed by atoms with Crippen molar-refractivity contribution in [2.75, 3.05) is 6.54 Å². The molecule has 0 saturated heterocycles. The molecule has 0 heterocycles. The quantitative estimate of drug-likeness (QED) is 0.533. The Morgan fingerprint density at radius 1 is 1.10 bits per heavy atom. The predicted molar refractivity (Wildman–Crippen MR) is 71.0 cm³/mol. The van der Waals surface area contributed by atoms with E-state index in [9.17, 15) is 14.4 Å². The van der Waals surface area contributed by atoms with E-state index in [1.54, 1.807) is 0 Å². The molecule has 7 heteroatoms. The van der Waals surface area contributed by atoms with Crippen LogP contribution in [-0.4, -0.2) is 40.6 Å². The molecule has 0 spiro atoms. The third-order valence-electron chi connectivity index (χ3n) is 3.81. The minimum atomic E-state index is -1.13. The molecule has 1 atom stereocenters. The molecule has 114 valence electrons. The summed E-state index contributed by atoms with van der Waals surface area (Å²) in [7, 11) is 0. The second-order valence-corrected chi connectivity index (χ2v) is 5.55. The maximum atomic E-state index is 11.7. The molecular weight excluding hydrogens is 264 g/mol. The van der Waals surface area contributed by atoms with Gasteiger partial charge in [0.1, 0.15) is 0 Å². The highest BCUT2D eigenvalue weighted by Crippen LogP contribution is 2.38. The third-order valence-corrected chi connectivity index (χ3v) is 3.81. The fourth-order valence-corrected chi connectivity index (χ4v) is 2.73. The summed E-state index contributed by atoms with van der Waals surface area (Å²) in [4.78, 5) is 33.2. The fraction of sp³-hybridized carbons (Fsp3) is 0.769. The standard InChI is InChI=1S/C13H22N2O5/c14-9(6-10(16)17)12(20)15-8-13(7-11(18)19)4-2-1-3-5-13/h9H,1-8,14H2,(H,15,20)(H,16,17)(H,18,19). The maximum absolute atomic E-state index is 11.7. The Balaban J connectivity index is 2.55. The average Bonchev–Trinajstić information content (AvgIpc) is 2.35. The summed E-state index contributed by atoms with van der Waals surface area (Å²) in [5, 5.41) is 20.2. The van der Waals surface area contributed by atoms with Gasteiger partial charge in [-0.1, -0.05) is 19.3 Å². The van der Waals surface area contributed by atoms with Crippen LogP contribution in [0.25, 0.3) is 0 Å². The van der Waals surface area contributed by atoms with Crippen molar-refractivity contribution in [2.45, 2.75) is 51.0 Å². The molecule has 1 unspecified atom stereocenters. The van der Waals surface area contributed by atoms with Gasteiger partial charge in [0, 0.05) is 6.54 Å². The molecular formula is C13H22N2O5. The van der Waals surface area contributed by atoms with E-state index in [-0.39, 0.29) is 13.0 Å². The van der Waals surface area contributed by atoms with Crippen molar-refractivity contribution in [3.05, 3.63) is 0 Å². The topological polar surface area (TPSA) is 130 Å². The Kier molecular flexibility index (Phi) is 5.94. The van der Waals surface area contributed by atoms with Crippen LogP contribution in [0.3, 0.4) is 0 Å². The van der Waals surface area contributed by atoms with Crippen LogP contribution >= 0.6 is 0 Å². The lowest BCUT2D eigenvalue weighted by atomic mass is 9.71. The van der Waals surface area contributed by atoms with Crippen molar-refractivity contribution in [1.29, 1.82) is 0 Å². The number of carboxylic acid groups (broad SMARTS) is 2. The summed E-state index contributed by atoms with van der Waals surface area (Å²) >= 11 is 0. The smallest absolute Gasteiger partial charge is 0.305 e. The first-order valence-corrected chi connectivity index (χ1v) is 6.81. The minimum absolute atomic E-state index is 0.0153. The molecule has 1 saturated carbocycles. The van der Waals surface area contributed by atoms with E-state index in [2.05, 4.69) is 5.32 Å². The number of carbonyl (C=O) groups excluding carboxylic acids is 1. The van der Waals surface area contributed by atoms with Gasteiger partial charge in [-0.05, 0) is 18.3 Å². The van der Waals surface area contributed by atoms with Crippen LogP contribution in [0.4, 0.5) is 0 Å². The van der Waals surface area contributed by atoms with Crippen molar-refractivity contribution in [3.8, 4) is 0 Å². The number of carboxylic acids is 2. The molecule has 5 N–H and O–H groups in total. The van der Waals surface area contributed by atoms with Gasteiger partial charge in [0.15, 0.2) is 0 Å². The Bertz CT molecular complexity index is 377. The number of nitrogens with two attached hydrogens (primary N) is 1. The molecule has 1 fully saturated rings. The normalized spacial score (nSPS) is 19.1. The van der Waals surface area contributed by atoms with Gasteiger partial charge in [-0.3, -0.25) is 14.4 Å². The monoisotopic (exact) mass is 286 g/mol. The number of hydrogen-bond acceptors (Lipinski definition) is 4. The molecule has 0 aromatic carbocycles. The number of aliphatic carboxylic acids is 2. The molecule has 7 nitrogen and oxygen atoms in total. The summed E-state index contributed by atoms with van der Waals surface area (Å²) in [6.07, 6.45) is 4.07. The van der Waals surface area contributed by atoms with Gasteiger partial charge in [-0.25, -0.2) is 0 Å². The Hall–Kier alpha value is -1.63. The van der Waals surface area contributed by atoms with Crippen molar-refractivity contribution >= 4 is 17.8 Å². The molecule has 1 amide bonds. The lowest BCUT2D eigenvalue weighted by molar-refractivity contribution is -0.140. The highest BCUT2D eigenvalue weighted by molar-refractivity contribution is 5.85. The first kappa shape index (κ1) is 16.4. The van der Waals surface area contributed by atoms with Gasteiger partial charge in [0.25, 0.3) is 0 Å². The molecule has 0 radical (unpaired) electrons. The van der Waals surface area contributed by atoms with Gasteiger partial charge in [0.05, 0.1) is 18.9 Å². The first-order valence-electron chi connectivity index (χ1n) is 6.81. The van der Waals surface area contributed by atoms with Crippen molar-refractivity contribution < 1.29 is 24.6 Å². The lowest BCUT2D eigenvalue weighted by Crippen LogP contribution is -2.47. The summed E-state index contributed by atoms with van der Waals surface area (Å²) in [5.41, 5.74) is 5.04. The van der Waals surface area contributed by atoms with E-state index in [1.807, 2.05) is 0 Å². The maximum Gasteiger partial charge on any atom is 0.305 e. The van der Waals surface area contributed by atoms with Crippen LogP contribution in [0, 0.1) is 5.41 Å². The van der Waals surface area contributed by atoms with Crippen LogP contribution in [0.15, 0.2) is 0 Å². The number of rotatable bonds is 7. The van der Waals surface area contributed by atoms with Crippen LogP contribution < -0.4 is 11.1 Å².